The minimum absolute atomic E-state index is 0.0494. The summed E-state index contributed by atoms with van der Waals surface area (Å²) < 4.78 is 4.58. The third-order valence-corrected chi connectivity index (χ3v) is 3.45. The van der Waals surface area contributed by atoms with E-state index in [1.165, 1.54) is 14.0 Å². The van der Waals surface area contributed by atoms with E-state index in [2.05, 4.69) is 4.74 Å². The average molecular weight is 286 g/mol. The Kier molecular flexibility index (Phi) is 5.35. The van der Waals surface area contributed by atoms with Crippen LogP contribution in [-0.4, -0.2) is 42.3 Å². The number of carbonyl (C=O) groups is 1. The number of hydrogen-bond donors (Lipinski definition) is 1. The highest BCUT2D eigenvalue weighted by atomic mass is 35.5. The molecule has 5 heteroatoms. The summed E-state index contributed by atoms with van der Waals surface area (Å²) in [5.74, 6) is -0.636. The normalized spacial score (nSPS) is 15.9. The van der Waals surface area contributed by atoms with E-state index in [0.717, 1.165) is 5.56 Å². The fourth-order valence-electron chi connectivity index (χ4n) is 1.90. The highest BCUT2D eigenvalue weighted by Gasteiger charge is 2.34. The summed E-state index contributed by atoms with van der Waals surface area (Å²) in [6, 6.07) is 7.54. The molecule has 1 aromatic carbocycles. The van der Waals surface area contributed by atoms with Gasteiger partial charge >= 0.3 is 5.97 Å². The highest BCUT2D eigenvalue weighted by Crippen LogP contribution is 2.22. The Hall–Kier alpha value is -1.10. The van der Waals surface area contributed by atoms with Gasteiger partial charge in [-0.2, -0.15) is 0 Å². The number of likely N-dealkylation sites (N-methyl/N-ethyl adjacent to an activating group) is 1. The van der Waals surface area contributed by atoms with Crippen molar-refractivity contribution in [2.45, 2.75) is 25.5 Å². The van der Waals surface area contributed by atoms with Crippen LogP contribution in [0.15, 0.2) is 24.3 Å². The summed E-state index contributed by atoms with van der Waals surface area (Å²) in [5, 5.41) is 10.7. The SMILES string of the molecule is COC(=O)C(C)(O)CN(C)C(C)c1ccc(Cl)cc1. The lowest BCUT2D eigenvalue weighted by Crippen LogP contribution is -2.46. The second-order valence-electron chi connectivity index (χ2n) is 4.91. The molecule has 19 heavy (non-hydrogen) atoms. The van der Waals surface area contributed by atoms with Gasteiger partial charge in [0.05, 0.1) is 7.11 Å². The summed E-state index contributed by atoms with van der Waals surface area (Å²) in [4.78, 5) is 13.3. The number of ether oxygens (including phenoxy) is 1. The lowest BCUT2D eigenvalue weighted by molar-refractivity contribution is -0.162. The molecular formula is C14H20ClNO3. The lowest BCUT2D eigenvalue weighted by Gasteiger charge is -2.31. The van der Waals surface area contributed by atoms with Gasteiger partial charge in [0.1, 0.15) is 0 Å². The Bertz CT molecular complexity index is 431. The zero-order valence-corrected chi connectivity index (χ0v) is 12.4. The van der Waals surface area contributed by atoms with Crippen molar-refractivity contribution in [3.8, 4) is 0 Å². The second-order valence-corrected chi connectivity index (χ2v) is 5.34. The van der Waals surface area contributed by atoms with Gasteiger partial charge in [0, 0.05) is 17.6 Å². The Morgan fingerprint density at radius 3 is 2.47 bits per heavy atom. The van der Waals surface area contributed by atoms with Crippen LogP contribution in [0.5, 0.6) is 0 Å². The van der Waals surface area contributed by atoms with Gasteiger partial charge in [-0.1, -0.05) is 23.7 Å². The molecule has 1 rings (SSSR count). The van der Waals surface area contributed by atoms with Crippen LogP contribution in [0.4, 0.5) is 0 Å². The molecule has 2 unspecified atom stereocenters. The number of carbonyl (C=O) groups excluding carboxylic acids is 1. The molecule has 4 nitrogen and oxygen atoms in total. The van der Waals surface area contributed by atoms with E-state index in [0.29, 0.717) is 5.02 Å². The van der Waals surface area contributed by atoms with Gasteiger partial charge in [-0.3, -0.25) is 4.90 Å². The van der Waals surface area contributed by atoms with E-state index >= 15 is 0 Å². The fourth-order valence-corrected chi connectivity index (χ4v) is 2.03. The van der Waals surface area contributed by atoms with Crippen LogP contribution in [0.1, 0.15) is 25.5 Å². The maximum absolute atomic E-state index is 11.5. The van der Waals surface area contributed by atoms with Crippen LogP contribution < -0.4 is 0 Å². The van der Waals surface area contributed by atoms with Crippen molar-refractivity contribution in [3.05, 3.63) is 34.9 Å². The second kappa shape index (κ2) is 6.37. The average Bonchev–Trinajstić information content (AvgIpc) is 2.37. The van der Waals surface area contributed by atoms with Gasteiger partial charge in [0.15, 0.2) is 5.60 Å². The number of rotatable bonds is 5. The topological polar surface area (TPSA) is 49.8 Å². The maximum atomic E-state index is 11.5. The minimum Gasteiger partial charge on any atom is -0.467 e. The number of hydrogen-bond acceptors (Lipinski definition) is 4. The van der Waals surface area contributed by atoms with Crippen molar-refractivity contribution < 1.29 is 14.6 Å². The molecule has 0 bridgehead atoms. The van der Waals surface area contributed by atoms with Gasteiger partial charge in [-0.25, -0.2) is 4.79 Å². The van der Waals surface area contributed by atoms with Crippen LogP contribution in [-0.2, 0) is 9.53 Å². The van der Waals surface area contributed by atoms with Crippen LogP contribution in [0.3, 0.4) is 0 Å². The lowest BCUT2D eigenvalue weighted by atomic mass is 10.0. The first-order valence-electron chi connectivity index (χ1n) is 6.04. The molecule has 1 N–H and O–H groups in total. The molecule has 0 heterocycles. The van der Waals surface area contributed by atoms with E-state index in [4.69, 9.17) is 11.6 Å². The maximum Gasteiger partial charge on any atom is 0.338 e. The quantitative estimate of drug-likeness (QED) is 0.843. The van der Waals surface area contributed by atoms with E-state index < -0.39 is 11.6 Å². The van der Waals surface area contributed by atoms with Crippen LogP contribution in [0.25, 0.3) is 0 Å². The molecule has 0 fully saturated rings. The van der Waals surface area contributed by atoms with Crippen molar-refractivity contribution >= 4 is 17.6 Å². The van der Waals surface area contributed by atoms with Crippen LogP contribution in [0.2, 0.25) is 5.02 Å². The molecule has 0 aromatic heterocycles. The smallest absolute Gasteiger partial charge is 0.338 e. The Morgan fingerprint density at radius 2 is 2.00 bits per heavy atom. The molecule has 0 spiro atoms. The minimum atomic E-state index is -1.52. The van der Waals surface area contributed by atoms with Gasteiger partial charge in [0.2, 0.25) is 0 Å². The number of methoxy groups -OCH3 is 1. The molecule has 1 aromatic rings. The standard InChI is InChI=1S/C14H20ClNO3/c1-10(11-5-7-12(15)8-6-11)16(3)9-14(2,18)13(17)19-4/h5-8,10,18H,9H2,1-4H3. The molecule has 2 atom stereocenters. The number of nitrogens with zero attached hydrogens (tertiary/aromatic N) is 1. The van der Waals surface area contributed by atoms with Gasteiger partial charge in [0.25, 0.3) is 0 Å². The van der Waals surface area contributed by atoms with Crippen molar-refractivity contribution in [3.63, 3.8) is 0 Å². The third-order valence-electron chi connectivity index (χ3n) is 3.20. The predicted octanol–water partition coefficient (Wildman–Crippen LogP) is 2.26. The first kappa shape index (κ1) is 16.0. The Labute approximate surface area is 118 Å². The molecule has 106 valence electrons. The number of aliphatic hydroxyl groups is 1. The molecule has 0 radical (unpaired) electrons. The van der Waals surface area contributed by atoms with Gasteiger partial charge < -0.3 is 9.84 Å². The highest BCUT2D eigenvalue weighted by molar-refractivity contribution is 6.30. The molecule has 0 saturated heterocycles. The van der Waals surface area contributed by atoms with Crippen LogP contribution >= 0.6 is 11.6 Å². The van der Waals surface area contributed by atoms with Gasteiger partial charge in [-0.15, -0.1) is 0 Å². The molecule has 0 amide bonds. The van der Waals surface area contributed by atoms with E-state index in [1.807, 2.05) is 43.1 Å². The Balaban J connectivity index is 2.75. The van der Waals surface area contributed by atoms with E-state index in [1.54, 1.807) is 0 Å². The largest absolute Gasteiger partial charge is 0.467 e. The number of halogens is 1. The first-order valence-corrected chi connectivity index (χ1v) is 6.42. The third kappa shape index (κ3) is 4.20. The van der Waals surface area contributed by atoms with Crippen LogP contribution in [0, 0.1) is 0 Å². The number of benzene rings is 1. The predicted molar refractivity (Wildman–Crippen MR) is 75.1 cm³/mol. The number of esters is 1. The van der Waals surface area contributed by atoms with Crippen molar-refractivity contribution in [1.29, 1.82) is 0 Å². The molecule has 0 aliphatic rings. The van der Waals surface area contributed by atoms with Crippen molar-refractivity contribution in [1.82, 2.24) is 4.90 Å². The molecule has 0 aliphatic carbocycles. The fraction of sp³-hybridized carbons (Fsp3) is 0.500. The summed E-state index contributed by atoms with van der Waals surface area (Å²) in [5.41, 5.74) is -0.461. The summed E-state index contributed by atoms with van der Waals surface area (Å²) in [6.45, 7) is 3.63. The zero-order valence-electron chi connectivity index (χ0n) is 11.7. The first-order chi connectivity index (χ1) is 8.77. The van der Waals surface area contributed by atoms with Crippen molar-refractivity contribution in [2.75, 3.05) is 20.7 Å². The molecular weight excluding hydrogens is 266 g/mol. The summed E-state index contributed by atoms with van der Waals surface area (Å²) in [7, 11) is 3.11. The monoisotopic (exact) mass is 285 g/mol. The van der Waals surface area contributed by atoms with E-state index in [9.17, 15) is 9.90 Å². The van der Waals surface area contributed by atoms with Gasteiger partial charge in [-0.05, 0) is 38.6 Å². The van der Waals surface area contributed by atoms with Crippen molar-refractivity contribution in [2.24, 2.45) is 0 Å². The molecule has 0 aliphatic heterocycles. The summed E-state index contributed by atoms with van der Waals surface area (Å²) in [6.07, 6.45) is 0. The molecule has 0 saturated carbocycles. The zero-order chi connectivity index (χ0) is 14.6. The van der Waals surface area contributed by atoms with E-state index in [-0.39, 0.29) is 12.6 Å². The summed E-state index contributed by atoms with van der Waals surface area (Å²) >= 11 is 5.85. The Morgan fingerprint density at radius 1 is 1.47 bits per heavy atom.